The Morgan fingerprint density at radius 1 is 1.45 bits per heavy atom. The van der Waals surface area contributed by atoms with Crippen molar-refractivity contribution < 1.29 is 14.6 Å². The molecule has 0 spiro atoms. The van der Waals surface area contributed by atoms with Crippen molar-refractivity contribution in [3.63, 3.8) is 0 Å². The quantitative estimate of drug-likeness (QED) is 0.747. The van der Waals surface area contributed by atoms with Gasteiger partial charge in [0.25, 0.3) is 0 Å². The molecule has 0 aliphatic carbocycles. The van der Waals surface area contributed by atoms with Crippen LogP contribution in [-0.2, 0) is 4.79 Å². The summed E-state index contributed by atoms with van der Waals surface area (Å²) < 4.78 is 8.76. The van der Waals surface area contributed by atoms with E-state index in [0.717, 1.165) is 26.4 Å². The van der Waals surface area contributed by atoms with Crippen molar-refractivity contribution in [2.75, 3.05) is 12.9 Å². The molecule has 0 bridgehead atoms. The fourth-order valence-corrected chi connectivity index (χ4v) is 3.60. The maximum atomic E-state index is 10.7. The lowest BCUT2D eigenvalue weighted by Gasteiger charge is -2.12. The van der Waals surface area contributed by atoms with E-state index in [1.807, 2.05) is 16.7 Å². The zero-order valence-corrected chi connectivity index (χ0v) is 14.3. The fraction of sp³-hybridized carbons (Fsp3) is 0.167. The predicted octanol–water partition coefficient (Wildman–Crippen LogP) is 3.58. The maximum absolute atomic E-state index is 10.7. The summed E-state index contributed by atoms with van der Waals surface area (Å²) in [6.45, 7) is 0. The summed E-state index contributed by atoms with van der Waals surface area (Å²) in [6.07, 6.45) is 3.41. The number of ether oxygens (including phenoxy) is 1. The molecule has 0 amide bonds. The van der Waals surface area contributed by atoms with Crippen molar-refractivity contribution in [2.45, 2.75) is 5.16 Å². The molecule has 1 heterocycles. The van der Waals surface area contributed by atoms with Gasteiger partial charge in [0.05, 0.1) is 23.0 Å². The molecule has 2 rings (SSSR count). The number of halogens is 2. The summed E-state index contributed by atoms with van der Waals surface area (Å²) in [7, 11) is 1.59. The molecule has 106 valence electrons. The number of imidazole rings is 1. The maximum Gasteiger partial charge on any atom is 0.313 e. The van der Waals surface area contributed by atoms with Crippen LogP contribution in [0.2, 0.25) is 0 Å². The van der Waals surface area contributed by atoms with Crippen molar-refractivity contribution in [1.82, 2.24) is 9.55 Å². The number of aliphatic carboxylic acids is 1. The summed E-state index contributed by atoms with van der Waals surface area (Å²) >= 11 is 8.06. The largest absolute Gasteiger partial charge is 0.495 e. The third-order valence-electron chi connectivity index (χ3n) is 2.41. The van der Waals surface area contributed by atoms with Crippen LogP contribution in [0.1, 0.15) is 0 Å². The molecule has 2 aromatic rings. The topological polar surface area (TPSA) is 64.4 Å². The SMILES string of the molecule is COc1cc(-n2ccnc2SCC(=O)O)c(Br)cc1Br. The highest BCUT2D eigenvalue weighted by Crippen LogP contribution is 2.35. The van der Waals surface area contributed by atoms with Crippen molar-refractivity contribution in [3.05, 3.63) is 33.5 Å². The van der Waals surface area contributed by atoms with Crippen LogP contribution >= 0.6 is 43.6 Å². The van der Waals surface area contributed by atoms with Gasteiger partial charge in [0.15, 0.2) is 5.16 Å². The van der Waals surface area contributed by atoms with Crippen LogP contribution in [0.25, 0.3) is 5.69 Å². The number of thioether (sulfide) groups is 1. The second kappa shape index (κ2) is 6.64. The molecule has 0 aliphatic heterocycles. The third kappa shape index (κ3) is 3.36. The normalized spacial score (nSPS) is 10.6. The van der Waals surface area contributed by atoms with Gasteiger partial charge in [-0.2, -0.15) is 0 Å². The van der Waals surface area contributed by atoms with Crippen LogP contribution in [0, 0.1) is 0 Å². The molecule has 20 heavy (non-hydrogen) atoms. The number of rotatable bonds is 5. The van der Waals surface area contributed by atoms with E-state index in [1.165, 1.54) is 0 Å². The first-order valence-electron chi connectivity index (χ1n) is 5.44. The van der Waals surface area contributed by atoms with Crippen LogP contribution in [0.15, 0.2) is 38.6 Å². The summed E-state index contributed by atoms with van der Waals surface area (Å²) in [4.78, 5) is 14.8. The lowest BCUT2D eigenvalue weighted by Crippen LogP contribution is -2.02. The lowest BCUT2D eigenvalue weighted by atomic mass is 10.3. The number of hydrogen-bond donors (Lipinski definition) is 1. The van der Waals surface area contributed by atoms with E-state index < -0.39 is 5.97 Å². The molecule has 0 saturated carbocycles. The van der Waals surface area contributed by atoms with Crippen molar-refractivity contribution >= 4 is 49.6 Å². The predicted molar refractivity (Wildman–Crippen MR) is 83.9 cm³/mol. The minimum Gasteiger partial charge on any atom is -0.495 e. The van der Waals surface area contributed by atoms with E-state index in [-0.39, 0.29) is 5.75 Å². The van der Waals surface area contributed by atoms with E-state index in [0.29, 0.717) is 10.9 Å². The Kier molecular flexibility index (Phi) is 5.11. The Labute approximate surface area is 136 Å². The smallest absolute Gasteiger partial charge is 0.313 e. The number of benzene rings is 1. The Morgan fingerprint density at radius 3 is 2.85 bits per heavy atom. The molecule has 5 nitrogen and oxygen atoms in total. The third-order valence-corrected chi connectivity index (χ3v) is 4.62. The van der Waals surface area contributed by atoms with Gasteiger partial charge < -0.3 is 9.84 Å². The average Bonchev–Trinajstić information content (AvgIpc) is 2.84. The molecule has 1 aromatic carbocycles. The van der Waals surface area contributed by atoms with Gasteiger partial charge in [-0.15, -0.1) is 0 Å². The second-order valence-corrected chi connectivity index (χ2v) is 6.35. The van der Waals surface area contributed by atoms with Gasteiger partial charge >= 0.3 is 5.97 Å². The number of methoxy groups -OCH3 is 1. The van der Waals surface area contributed by atoms with Crippen LogP contribution in [0.3, 0.4) is 0 Å². The zero-order chi connectivity index (χ0) is 14.7. The first kappa shape index (κ1) is 15.4. The molecule has 8 heteroatoms. The number of carboxylic acids is 1. The molecule has 0 atom stereocenters. The first-order chi connectivity index (χ1) is 9.52. The number of hydrogen-bond acceptors (Lipinski definition) is 4. The Balaban J connectivity index is 2.41. The van der Waals surface area contributed by atoms with E-state index in [2.05, 4.69) is 36.8 Å². The molecule has 1 aromatic heterocycles. The molecule has 0 aliphatic rings. The van der Waals surface area contributed by atoms with Crippen molar-refractivity contribution in [2.24, 2.45) is 0 Å². The van der Waals surface area contributed by atoms with Gasteiger partial charge in [0.2, 0.25) is 0 Å². The summed E-state index contributed by atoms with van der Waals surface area (Å²) in [6, 6.07) is 3.72. The van der Waals surface area contributed by atoms with E-state index in [1.54, 1.807) is 19.5 Å². The van der Waals surface area contributed by atoms with E-state index in [9.17, 15) is 4.79 Å². The Bertz CT molecular complexity index is 646. The molecule has 0 saturated heterocycles. The molecule has 0 fully saturated rings. The molecule has 1 N–H and O–H groups in total. The molecule has 0 unspecified atom stereocenters. The number of aromatic nitrogens is 2. The standard InChI is InChI=1S/C12H10Br2N2O3S/c1-19-10-5-9(7(13)4-8(10)14)16-3-2-15-12(16)20-6-11(17)18/h2-5H,6H2,1H3,(H,17,18). The Hall–Kier alpha value is -0.990. The molecule has 0 radical (unpaired) electrons. The minimum atomic E-state index is -0.878. The van der Waals surface area contributed by atoms with Crippen LogP contribution in [0.5, 0.6) is 5.75 Å². The fourth-order valence-electron chi connectivity index (χ4n) is 1.57. The van der Waals surface area contributed by atoms with Gasteiger partial charge in [0, 0.05) is 22.9 Å². The Morgan fingerprint density at radius 2 is 2.20 bits per heavy atom. The number of carbonyl (C=O) groups is 1. The number of carboxylic acid groups (broad SMARTS) is 1. The van der Waals surface area contributed by atoms with E-state index in [4.69, 9.17) is 9.84 Å². The molecular weight excluding hydrogens is 412 g/mol. The van der Waals surface area contributed by atoms with Crippen molar-refractivity contribution in [1.29, 1.82) is 0 Å². The van der Waals surface area contributed by atoms with Crippen LogP contribution < -0.4 is 4.74 Å². The highest BCUT2D eigenvalue weighted by Gasteiger charge is 2.13. The van der Waals surface area contributed by atoms with Crippen molar-refractivity contribution in [3.8, 4) is 11.4 Å². The zero-order valence-electron chi connectivity index (χ0n) is 10.3. The van der Waals surface area contributed by atoms with Gasteiger partial charge in [-0.25, -0.2) is 4.98 Å². The average molecular weight is 422 g/mol. The van der Waals surface area contributed by atoms with Crippen LogP contribution in [-0.4, -0.2) is 33.5 Å². The summed E-state index contributed by atoms with van der Waals surface area (Å²) in [5, 5.41) is 9.36. The van der Waals surface area contributed by atoms with Crippen LogP contribution in [0.4, 0.5) is 0 Å². The van der Waals surface area contributed by atoms with E-state index >= 15 is 0 Å². The highest BCUT2D eigenvalue weighted by atomic mass is 79.9. The van der Waals surface area contributed by atoms with Gasteiger partial charge in [0.1, 0.15) is 5.75 Å². The molecular formula is C12H10Br2N2O3S. The number of nitrogens with zero attached hydrogens (tertiary/aromatic N) is 2. The monoisotopic (exact) mass is 420 g/mol. The van der Waals surface area contributed by atoms with Gasteiger partial charge in [-0.05, 0) is 37.9 Å². The first-order valence-corrected chi connectivity index (χ1v) is 8.01. The van der Waals surface area contributed by atoms with Gasteiger partial charge in [-0.1, -0.05) is 11.8 Å². The van der Waals surface area contributed by atoms with Gasteiger partial charge in [-0.3, -0.25) is 9.36 Å². The minimum absolute atomic E-state index is 0.0394. The lowest BCUT2D eigenvalue weighted by molar-refractivity contribution is -0.133. The summed E-state index contributed by atoms with van der Waals surface area (Å²) in [5.74, 6) is -0.231. The second-order valence-electron chi connectivity index (χ2n) is 3.70. The highest BCUT2D eigenvalue weighted by molar-refractivity contribution is 9.11. The summed E-state index contributed by atoms with van der Waals surface area (Å²) in [5.41, 5.74) is 0.829.